The van der Waals surface area contributed by atoms with E-state index in [-0.39, 0.29) is 0 Å². The first kappa shape index (κ1) is 15.4. The highest BCUT2D eigenvalue weighted by molar-refractivity contribution is 5.71. The predicted octanol–water partition coefficient (Wildman–Crippen LogP) is 2.02. The van der Waals surface area contributed by atoms with Crippen molar-refractivity contribution in [1.29, 1.82) is 0 Å². The van der Waals surface area contributed by atoms with Gasteiger partial charge in [-0.15, -0.1) is 5.10 Å². The quantitative estimate of drug-likeness (QED) is 0.718. The molecule has 7 heteroatoms. The van der Waals surface area contributed by atoms with E-state index >= 15 is 0 Å². The van der Waals surface area contributed by atoms with E-state index in [0.29, 0.717) is 11.7 Å². The molecule has 0 amide bonds. The van der Waals surface area contributed by atoms with Crippen molar-refractivity contribution >= 4 is 22.8 Å². The summed E-state index contributed by atoms with van der Waals surface area (Å²) in [5, 5.41) is 8.90. The summed E-state index contributed by atoms with van der Waals surface area (Å²) in [6, 6.07) is 6.64. The molecule has 1 fully saturated rings. The topological polar surface area (TPSA) is 70.9 Å². The van der Waals surface area contributed by atoms with E-state index in [4.69, 9.17) is 0 Å². The lowest BCUT2D eigenvalue weighted by Gasteiger charge is -2.45. The zero-order valence-electron chi connectivity index (χ0n) is 14.8. The SMILES string of the molecule is CN(c1ccc2nccnc2n1)C1CN(c2cc3c(nn2)CCCC3)C1. The molecule has 1 aliphatic carbocycles. The minimum absolute atomic E-state index is 0.412. The van der Waals surface area contributed by atoms with E-state index in [1.165, 1.54) is 24.1 Å². The Bertz CT molecular complexity index is 952. The molecule has 0 spiro atoms. The first-order chi connectivity index (χ1) is 12.8. The summed E-state index contributed by atoms with van der Waals surface area (Å²) in [5.74, 6) is 1.94. The number of rotatable bonds is 3. The highest BCUT2D eigenvalue weighted by Gasteiger charge is 2.32. The van der Waals surface area contributed by atoms with Crippen LogP contribution in [0.3, 0.4) is 0 Å². The lowest BCUT2D eigenvalue weighted by Crippen LogP contribution is -2.59. The lowest BCUT2D eigenvalue weighted by molar-refractivity contribution is 0.486. The fourth-order valence-electron chi connectivity index (χ4n) is 3.75. The van der Waals surface area contributed by atoms with Crippen LogP contribution in [0.4, 0.5) is 11.6 Å². The molecule has 26 heavy (non-hydrogen) atoms. The molecule has 0 saturated carbocycles. The number of fused-ring (bicyclic) bond motifs is 2. The van der Waals surface area contributed by atoms with Gasteiger partial charge in [-0.05, 0) is 49.4 Å². The average Bonchev–Trinajstić information content (AvgIpc) is 2.66. The van der Waals surface area contributed by atoms with Crippen molar-refractivity contribution < 1.29 is 0 Å². The minimum atomic E-state index is 0.412. The van der Waals surface area contributed by atoms with Crippen molar-refractivity contribution in [3.8, 4) is 0 Å². The summed E-state index contributed by atoms with van der Waals surface area (Å²) in [6.07, 6.45) is 8.08. The van der Waals surface area contributed by atoms with Gasteiger partial charge in [-0.3, -0.25) is 4.98 Å². The number of pyridine rings is 1. The summed E-state index contributed by atoms with van der Waals surface area (Å²) in [4.78, 5) is 17.7. The number of anilines is 2. The molecule has 7 nitrogen and oxygen atoms in total. The Kier molecular flexibility index (Phi) is 3.65. The Hall–Kier alpha value is -2.83. The molecule has 0 bridgehead atoms. The second-order valence-electron chi connectivity index (χ2n) is 7.12. The molecule has 0 N–H and O–H groups in total. The number of hydrogen-bond donors (Lipinski definition) is 0. The van der Waals surface area contributed by atoms with Gasteiger partial charge in [-0.2, -0.15) is 5.10 Å². The van der Waals surface area contributed by atoms with Crippen LogP contribution in [-0.4, -0.2) is 51.3 Å². The number of aromatic nitrogens is 5. The summed E-state index contributed by atoms with van der Waals surface area (Å²) < 4.78 is 0. The Morgan fingerprint density at radius 2 is 1.88 bits per heavy atom. The third-order valence-corrected chi connectivity index (χ3v) is 5.47. The van der Waals surface area contributed by atoms with Crippen LogP contribution < -0.4 is 9.80 Å². The number of likely N-dealkylation sites (N-methyl/N-ethyl adjacent to an activating group) is 1. The molecule has 4 heterocycles. The van der Waals surface area contributed by atoms with Crippen molar-refractivity contribution in [2.24, 2.45) is 0 Å². The van der Waals surface area contributed by atoms with Gasteiger partial charge in [0.05, 0.1) is 11.7 Å². The maximum absolute atomic E-state index is 4.64. The van der Waals surface area contributed by atoms with Crippen LogP contribution in [0.2, 0.25) is 0 Å². The Morgan fingerprint density at radius 1 is 1.04 bits per heavy atom. The Morgan fingerprint density at radius 3 is 2.81 bits per heavy atom. The molecule has 1 saturated heterocycles. The largest absolute Gasteiger partial charge is 0.353 e. The van der Waals surface area contributed by atoms with Gasteiger partial charge in [0.2, 0.25) is 0 Å². The van der Waals surface area contributed by atoms with Gasteiger partial charge in [-0.25, -0.2) is 9.97 Å². The normalized spacial score (nSPS) is 17.0. The van der Waals surface area contributed by atoms with Gasteiger partial charge in [0, 0.05) is 32.5 Å². The van der Waals surface area contributed by atoms with E-state index < -0.39 is 0 Å². The van der Waals surface area contributed by atoms with Crippen molar-refractivity contribution in [1.82, 2.24) is 25.1 Å². The number of aryl methyl sites for hydroxylation is 2. The molecule has 0 unspecified atom stereocenters. The molecule has 132 valence electrons. The van der Waals surface area contributed by atoms with Gasteiger partial charge in [-0.1, -0.05) is 0 Å². The van der Waals surface area contributed by atoms with Crippen LogP contribution in [0.25, 0.3) is 11.2 Å². The second-order valence-corrected chi connectivity index (χ2v) is 7.12. The highest BCUT2D eigenvalue weighted by atomic mass is 15.4. The van der Waals surface area contributed by atoms with Crippen LogP contribution in [0.15, 0.2) is 30.6 Å². The van der Waals surface area contributed by atoms with Crippen LogP contribution in [-0.2, 0) is 12.8 Å². The lowest BCUT2D eigenvalue weighted by atomic mass is 9.96. The average molecular weight is 347 g/mol. The van der Waals surface area contributed by atoms with Gasteiger partial charge in [0.15, 0.2) is 11.5 Å². The minimum Gasteiger partial charge on any atom is -0.353 e. The molecule has 0 atom stereocenters. The Balaban J connectivity index is 1.29. The third kappa shape index (κ3) is 2.64. The van der Waals surface area contributed by atoms with Crippen molar-refractivity contribution in [2.45, 2.75) is 31.7 Å². The number of hydrogen-bond acceptors (Lipinski definition) is 7. The summed E-state index contributed by atoms with van der Waals surface area (Å²) >= 11 is 0. The van der Waals surface area contributed by atoms with Crippen molar-refractivity contribution in [3.63, 3.8) is 0 Å². The molecular weight excluding hydrogens is 326 g/mol. The van der Waals surface area contributed by atoms with Crippen LogP contribution in [0.1, 0.15) is 24.1 Å². The van der Waals surface area contributed by atoms with Gasteiger partial charge in [0.25, 0.3) is 0 Å². The molecule has 1 aliphatic heterocycles. The molecule has 3 aromatic rings. The summed E-state index contributed by atoms with van der Waals surface area (Å²) in [5.41, 5.74) is 4.08. The summed E-state index contributed by atoms with van der Waals surface area (Å²) in [7, 11) is 2.09. The highest BCUT2D eigenvalue weighted by Crippen LogP contribution is 2.27. The second kappa shape index (κ2) is 6.16. The maximum Gasteiger partial charge on any atom is 0.180 e. The van der Waals surface area contributed by atoms with Crippen LogP contribution in [0.5, 0.6) is 0 Å². The molecule has 3 aromatic heterocycles. The monoisotopic (exact) mass is 347 g/mol. The van der Waals surface area contributed by atoms with E-state index in [2.05, 4.69) is 48.1 Å². The van der Waals surface area contributed by atoms with E-state index in [1.807, 2.05) is 12.1 Å². The molecule has 0 radical (unpaired) electrons. The smallest absolute Gasteiger partial charge is 0.180 e. The van der Waals surface area contributed by atoms with Crippen LogP contribution in [0, 0.1) is 0 Å². The van der Waals surface area contributed by atoms with Crippen molar-refractivity contribution in [3.05, 3.63) is 41.9 Å². The molecular formula is C19H21N7. The third-order valence-electron chi connectivity index (χ3n) is 5.47. The first-order valence-electron chi connectivity index (χ1n) is 9.19. The Labute approximate surface area is 152 Å². The molecule has 2 aliphatic rings. The first-order valence-corrected chi connectivity index (χ1v) is 9.19. The van der Waals surface area contributed by atoms with E-state index in [1.54, 1.807) is 12.4 Å². The molecule has 5 rings (SSSR count). The standard InChI is InChI=1S/C19H21N7/c1-25(17-7-6-16-19(22-17)21-9-8-20-16)14-11-26(12-14)18-10-13-4-2-3-5-15(13)23-24-18/h6-10,14H,2-5,11-12H2,1H3. The molecule has 0 aromatic carbocycles. The van der Waals surface area contributed by atoms with E-state index in [0.717, 1.165) is 43.1 Å². The van der Waals surface area contributed by atoms with Gasteiger partial charge >= 0.3 is 0 Å². The van der Waals surface area contributed by atoms with Gasteiger partial charge in [0.1, 0.15) is 11.3 Å². The fraction of sp³-hybridized carbons (Fsp3) is 0.421. The van der Waals surface area contributed by atoms with Crippen LogP contribution >= 0.6 is 0 Å². The fourth-order valence-corrected chi connectivity index (χ4v) is 3.75. The van der Waals surface area contributed by atoms with Crippen molar-refractivity contribution in [2.75, 3.05) is 29.9 Å². The van der Waals surface area contributed by atoms with E-state index in [9.17, 15) is 0 Å². The zero-order valence-corrected chi connectivity index (χ0v) is 14.8. The maximum atomic E-state index is 4.64. The summed E-state index contributed by atoms with van der Waals surface area (Å²) in [6.45, 7) is 1.87. The van der Waals surface area contributed by atoms with Gasteiger partial charge < -0.3 is 9.80 Å². The predicted molar refractivity (Wildman–Crippen MR) is 100 cm³/mol. The number of nitrogens with zero attached hydrogens (tertiary/aromatic N) is 7. The zero-order chi connectivity index (χ0) is 17.5.